The monoisotopic (exact) mass is 405 g/mol. The average molecular weight is 406 g/mol. The van der Waals surface area contributed by atoms with Crippen LogP contribution in [0.15, 0.2) is 42.7 Å². The summed E-state index contributed by atoms with van der Waals surface area (Å²) in [5.74, 6) is 0.407. The summed E-state index contributed by atoms with van der Waals surface area (Å²) in [5, 5.41) is 4.29. The van der Waals surface area contributed by atoms with Gasteiger partial charge in [0, 0.05) is 24.3 Å². The lowest BCUT2D eigenvalue weighted by Gasteiger charge is -2.34. The molecule has 1 N–H and O–H groups in total. The van der Waals surface area contributed by atoms with Crippen molar-refractivity contribution in [2.45, 2.75) is 13.0 Å². The van der Waals surface area contributed by atoms with E-state index in [1.165, 1.54) is 6.92 Å². The second-order valence-corrected chi connectivity index (χ2v) is 6.94. The number of benzene rings is 1. The molecule has 1 fully saturated rings. The molecular weight excluding hydrogens is 386 g/mol. The number of rotatable bonds is 5. The number of halogens is 1. The number of anilines is 1. The van der Waals surface area contributed by atoms with Crippen molar-refractivity contribution in [3.05, 3.63) is 53.3 Å². The lowest BCUT2D eigenvalue weighted by molar-refractivity contribution is -0.0281. The van der Waals surface area contributed by atoms with Crippen molar-refractivity contribution in [1.29, 1.82) is 0 Å². The van der Waals surface area contributed by atoms with Gasteiger partial charge >= 0.3 is 0 Å². The molecule has 0 bridgehead atoms. The third-order valence-corrected chi connectivity index (χ3v) is 4.68. The fraction of sp³-hybridized carbons (Fsp3) is 0.316. The Morgan fingerprint density at radius 2 is 2.33 bits per heavy atom. The molecule has 1 atom stereocenters. The number of nitrogens with zero attached hydrogens (tertiary/aromatic N) is 2. The number of hydrogen-bond donors (Lipinski definition) is 1. The van der Waals surface area contributed by atoms with Gasteiger partial charge in [0.25, 0.3) is 0 Å². The van der Waals surface area contributed by atoms with E-state index in [0.29, 0.717) is 47.8 Å². The Hall–Kier alpha value is -2.22. The number of Topliss-reactive ketones (excluding diaryl/α,β-unsaturated/α-hetero) is 1. The standard InChI is InChI=1S/C19H20ClN3O3S/c1-13(24)17-9-14(20)4-5-18(17)26-12-16-11-23(7-8-25-16)19(27)22-15-3-2-6-21-10-15/h2-6,9-10,16H,7-8,11-12H2,1H3,(H,22,27). The minimum Gasteiger partial charge on any atom is -0.490 e. The summed E-state index contributed by atoms with van der Waals surface area (Å²) >= 11 is 11.5. The Morgan fingerprint density at radius 1 is 1.48 bits per heavy atom. The van der Waals surface area contributed by atoms with Gasteiger partial charge in [-0.05, 0) is 49.5 Å². The summed E-state index contributed by atoms with van der Waals surface area (Å²) < 4.78 is 11.6. The van der Waals surface area contributed by atoms with Crippen LogP contribution in [0.4, 0.5) is 5.69 Å². The zero-order valence-corrected chi connectivity index (χ0v) is 16.4. The minimum atomic E-state index is -0.164. The SMILES string of the molecule is CC(=O)c1cc(Cl)ccc1OCC1CN(C(=S)Nc2cccnc2)CCO1. The van der Waals surface area contributed by atoms with E-state index in [-0.39, 0.29) is 11.9 Å². The number of nitrogens with one attached hydrogen (secondary N) is 1. The Labute approximate surface area is 168 Å². The highest BCUT2D eigenvalue weighted by Crippen LogP contribution is 2.24. The topological polar surface area (TPSA) is 63.7 Å². The van der Waals surface area contributed by atoms with E-state index in [1.807, 2.05) is 17.0 Å². The highest BCUT2D eigenvalue weighted by molar-refractivity contribution is 7.80. The molecule has 0 spiro atoms. The third-order valence-electron chi connectivity index (χ3n) is 4.08. The van der Waals surface area contributed by atoms with Gasteiger partial charge in [-0.2, -0.15) is 0 Å². The fourth-order valence-corrected chi connectivity index (χ4v) is 3.19. The molecule has 2 aromatic rings. The molecule has 1 unspecified atom stereocenters. The molecule has 0 aliphatic carbocycles. The second kappa shape index (κ2) is 9.12. The number of ether oxygens (including phenoxy) is 2. The van der Waals surface area contributed by atoms with Crippen LogP contribution in [-0.2, 0) is 4.74 Å². The number of morpholine rings is 1. The van der Waals surface area contributed by atoms with Crippen LogP contribution in [0.5, 0.6) is 5.75 Å². The molecule has 1 aromatic heterocycles. The van der Waals surface area contributed by atoms with E-state index in [4.69, 9.17) is 33.3 Å². The van der Waals surface area contributed by atoms with Crippen molar-refractivity contribution in [2.24, 2.45) is 0 Å². The van der Waals surface area contributed by atoms with Crippen molar-refractivity contribution < 1.29 is 14.3 Å². The van der Waals surface area contributed by atoms with Gasteiger partial charge in [-0.15, -0.1) is 0 Å². The van der Waals surface area contributed by atoms with E-state index in [2.05, 4.69) is 10.3 Å². The number of aromatic nitrogens is 1. The maximum atomic E-state index is 11.8. The molecule has 142 valence electrons. The number of carbonyl (C=O) groups is 1. The molecule has 1 aliphatic rings. The van der Waals surface area contributed by atoms with E-state index >= 15 is 0 Å². The molecule has 3 rings (SSSR count). The lowest BCUT2D eigenvalue weighted by atomic mass is 10.1. The van der Waals surface area contributed by atoms with Crippen LogP contribution in [0.2, 0.25) is 5.02 Å². The summed E-state index contributed by atoms with van der Waals surface area (Å²) in [7, 11) is 0. The van der Waals surface area contributed by atoms with Gasteiger partial charge in [0.15, 0.2) is 10.9 Å². The van der Waals surface area contributed by atoms with E-state index in [9.17, 15) is 4.79 Å². The van der Waals surface area contributed by atoms with Gasteiger partial charge in [0.05, 0.1) is 24.1 Å². The number of hydrogen-bond acceptors (Lipinski definition) is 5. The van der Waals surface area contributed by atoms with Crippen molar-refractivity contribution in [3.63, 3.8) is 0 Å². The number of pyridine rings is 1. The average Bonchev–Trinajstić information content (AvgIpc) is 2.68. The molecule has 2 heterocycles. The zero-order valence-electron chi connectivity index (χ0n) is 14.9. The van der Waals surface area contributed by atoms with Crippen LogP contribution in [-0.4, -0.2) is 53.2 Å². The summed E-state index contributed by atoms with van der Waals surface area (Å²) in [6.45, 7) is 3.63. The molecule has 6 nitrogen and oxygen atoms in total. The van der Waals surface area contributed by atoms with Crippen LogP contribution < -0.4 is 10.1 Å². The van der Waals surface area contributed by atoms with Crippen molar-refractivity contribution in [1.82, 2.24) is 9.88 Å². The summed E-state index contributed by atoms with van der Waals surface area (Å²) in [6, 6.07) is 8.77. The molecule has 1 aromatic carbocycles. The van der Waals surface area contributed by atoms with Gasteiger partial charge in [-0.25, -0.2) is 0 Å². The normalized spacial score (nSPS) is 16.7. The molecule has 0 radical (unpaired) electrons. The molecule has 1 aliphatic heterocycles. The zero-order chi connectivity index (χ0) is 19.2. The minimum absolute atomic E-state index is 0.0967. The predicted molar refractivity (Wildman–Crippen MR) is 109 cm³/mol. The van der Waals surface area contributed by atoms with E-state index < -0.39 is 0 Å². The Kier molecular flexibility index (Phi) is 6.60. The van der Waals surface area contributed by atoms with Crippen molar-refractivity contribution >= 4 is 40.4 Å². The van der Waals surface area contributed by atoms with Gasteiger partial charge in [-0.3, -0.25) is 9.78 Å². The van der Waals surface area contributed by atoms with Crippen LogP contribution >= 0.6 is 23.8 Å². The van der Waals surface area contributed by atoms with E-state index in [1.54, 1.807) is 30.6 Å². The van der Waals surface area contributed by atoms with Gasteiger partial charge in [-0.1, -0.05) is 11.6 Å². The first-order chi connectivity index (χ1) is 13.0. The summed E-state index contributed by atoms with van der Waals surface area (Å²) in [4.78, 5) is 17.9. The first-order valence-corrected chi connectivity index (χ1v) is 9.32. The highest BCUT2D eigenvalue weighted by Gasteiger charge is 2.23. The molecule has 1 saturated heterocycles. The van der Waals surface area contributed by atoms with Gasteiger partial charge in [0.2, 0.25) is 0 Å². The van der Waals surface area contributed by atoms with Crippen LogP contribution in [0.25, 0.3) is 0 Å². The number of ketones is 1. The fourth-order valence-electron chi connectivity index (χ4n) is 2.73. The van der Waals surface area contributed by atoms with Crippen molar-refractivity contribution in [2.75, 3.05) is 31.6 Å². The first kappa shape index (κ1) is 19.5. The van der Waals surface area contributed by atoms with Crippen LogP contribution in [0.3, 0.4) is 0 Å². The number of thiocarbonyl (C=S) groups is 1. The van der Waals surface area contributed by atoms with Gasteiger partial charge in [0.1, 0.15) is 18.5 Å². The third kappa shape index (κ3) is 5.38. The molecule has 27 heavy (non-hydrogen) atoms. The first-order valence-electron chi connectivity index (χ1n) is 8.54. The predicted octanol–water partition coefficient (Wildman–Crippen LogP) is 3.41. The summed E-state index contributed by atoms with van der Waals surface area (Å²) in [5.41, 5.74) is 1.30. The Bertz CT molecular complexity index is 819. The molecule has 8 heteroatoms. The molecule has 0 saturated carbocycles. The maximum Gasteiger partial charge on any atom is 0.173 e. The number of carbonyl (C=O) groups excluding carboxylic acids is 1. The Balaban J connectivity index is 1.57. The smallest absolute Gasteiger partial charge is 0.173 e. The van der Waals surface area contributed by atoms with Crippen LogP contribution in [0.1, 0.15) is 17.3 Å². The van der Waals surface area contributed by atoms with Crippen molar-refractivity contribution in [3.8, 4) is 5.75 Å². The molecule has 0 amide bonds. The Morgan fingerprint density at radius 3 is 3.07 bits per heavy atom. The van der Waals surface area contributed by atoms with Crippen LogP contribution in [0, 0.1) is 0 Å². The maximum absolute atomic E-state index is 11.8. The second-order valence-electron chi connectivity index (χ2n) is 6.12. The molecular formula is C19H20ClN3O3S. The quantitative estimate of drug-likeness (QED) is 0.604. The van der Waals surface area contributed by atoms with Gasteiger partial charge < -0.3 is 19.7 Å². The largest absolute Gasteiger partial charge is 0.490 e. The highest BCUT2D eigenvalue weighted by atomic mass is 35.5. The summed E-state index contributed by atoms with van der Waals surface area (Å²) in [6.07, 6.45) is 3.27. The lowest BCUT2D eigenvalue weighted by Crippen LogP contribution is -2.49. The van der Waals surface area contributed by atoms with E-state index in [0.717, 1.165) is 5.69 Å².